The van der Waals surface area contributed by atoms with Crippen molar-refractivity contribution in [2.45, 2.75) is 6.92 Å². The van der Waals surface area contributed by atoms with Crippen molar-refractivity contribution >= 4 is 11.6 Å². The SMILES string of the molecule is CC(=O)N(O)c1cccc(F)c1. The summed E-state index contributed by atoms with van der Waals surface area (Å²) < 4.78 is 12.5. The first-order valence-corrected chi connectivity index (χ1v) is 3.36. The second-order valence-electron chi connectivity index (χ2n) is 2.31. The molecule has 1 aromatic carbocycles. The van der Waals surface area contributed by atoms with Crippen molar-refractivity contribution in [2.75, 3.05) is 5.06 Å². The van der Waals surface area contributed by atoms with Gasteiger partial charge in [0.05, 0.1) is 5.69 Å². The molecule has 1 amide bonds. The van der Waals surface area contributed by atoms with E-state index in [1.807, 2.05) is 0 Å². The smallest absolute Gasteiger partial charge is 0.247 e. The van der Waals surface area contributed by atoms with E-state index in [0.29, 0.717) is 5.06 Å². The molecule has 0 saturated carbocycles. The molecule has 0 atom stereocenters. The molecule has 1 aromatic rings. The Kier molecular flexibility index (Phi) is 2.40. The van der Waals surface area contributed by atoms with Crippen LogP contribution in [-0.4, -0.2) is 11.1 Å². The summed E-state index contributed by atoms with van der Waals surface area (Å²) in [5, 5.41) is 9.43. The molecule has 0 aliphatic heterocycles. The van der Waals surface area contributed by atoms with Crippen molar-refractivity contribution in [1.29, 1.82) is 0 Å². The number of halogens is 1. The normalized spacial score (nSPS) is 9.58. The number of amides is 1. The van der Waals surface area contributed by atoms with Crippen molar-refractivity contribution in [3.8, 4) is 0 Å². The lowest BCUT2D eigenvalue weighted by atomic mass is 10.3. The summed E-state index contributed by atoms with van der Waals surface area (Å²) in [6.45, 7) is 1.19. The van der Waals surface area contributed by atoms with Crippen LogP contribution in [0.1, 0.15) is 6.92 Å². The summed E-state index contributed by atoms with van der Waals surface area (Å²) in [6.07, 6.45) is 0. The first-order chi connectivity index (χ1) is 5.61. The molecule has 3 nitrogen and oxygen atoms in total. The van der Waals surface area contributed by atoms with Gasteiger partial charge in [-0.3, -0.25) is 10.0 Å². The topological polar surface area (TPSA) is 40.5 Å². The van der Waals surface area contributed by atoms with Crippen LogP contribution >= 0.6 is 0 Å². The highest BCUT2D eigenvalue weighted by molar-refractivity contribution is 5.88. The molecular formula is C8H8FNO2. The quantitative estimate of drug-likeness (QED) is 0.512. The zero-order valence-electron chi connectivity index (χ0n) is 6.49. The molecule has 0 heterocycles. The molecule has 4 heteroatoms. The van der Waals surface area contributed by atoms with Crippen LogP contribution in [0.3, 0.4) is 0 Å². The maximum absolute atomic E-state index is 12.5. The van der Waals surface area contributed by atoms with Crippen LogP contribution in [0.2, 0.25) is 0 Å². The van der Waals surface area contributed by atoms with Crippen molar-refractivity contribution in [3.05, 3.63) is 30.1 Å². The molecule has 0 unspecified atom stereocenters. The van der Waals surface area contributed by atoms with Crippen molar-refractivity contribution < 1.29 is 14.4 Å². The number of anilines is 1. The molecule has 0 aliphatic carbocycles. The summed E-state index contributed by atoms with van der Waals surface area (Å²) in [5.41, 5.74) is 0.127. The van der Waals surface area contributed by atoms with E-state index in [2.05, 4.69) is 0 Å². The lowest BCUT2D eigenvalue weighted by Crippen LogP contribution is -2.23. The fourth-order valence-corrected chi connectivity index (χ4v) is 0.790. The maximum Gasteiger partial charge on any atom is 0.247 e. The Bertz CT molecular complexity index is 301. The van der Waals surface area contributed by atoms with Gasteiger partial charge in [0, 0.05) is 13.0 Å². The Morgan fingerprint density at radius 2 is 2.25 bits per heavy atom. The van der Waals surface area contributed by atoms with Crippen LogP contribution in [0.15, 0.2) is 24.3 Å². The molecule has 1 N–H and O–H groups in total. The third kappa shape index (κ3) is 1.79. The third-order valence-electron chi connectivity index (χ3n) is 1.35. The Hall–Kier alpha value is -1.42. The molecule has 12 heavy (non-hydrogen) atoms. The molecule has 0 radical (unpaired) electrons. The maximum atomic E-state index is 12.5. The fourth-order valence-electron chi connectivity index (χ4n) is 0.790. The Labute approximate surface area is 69.0 Å². The number of nitrogens with zero attached hydrogens (tertiary/aromatic N) is 1. The predicted molar refractivity (Wildman–Crippen MR) is 41.3 cm³/mol. The van der Waals surface area contributed by atoms with Crippen LogP contribution in [0.5, 0.6) is 0 Å². The highest BCUT2D eigenvalue weighted by Crippen LogP contribution is 2.13. The molecule has 0 saturated heterocycles. The molecular weight excluding hydrogens is 161 g/mol. The minimum Gasteiger partial charge on any atom is -0.281 e. The fraction of sp³-hybridized carbons (Fsp3) is 0.125. The largest absolute Gasteiger partial charge is 0.281 e. The van der Waals surface area contributed by atoms with E-state index >= 15 is 0 Å². The number of carbonyl (C=O) groups excluding carboxylic acids is 1. The predicted octanol–water partition coefficient (Wildman–Crippen LogP) is 1.57. The molecule has 0 aliphatic rings. The van der Waals surface area contributed by atoms with E-state index in [9.17, 15) is 9.18 Å². The number of hydrogen-bond donors (Lipinski definition) is 1. The summed E-state index contributed by atoms with van der Waals surface area (Å²) >= 11 is 0. The first-order valence-electron chi connectivity index (χ1n) is 3.36. The first kappa shape index (κ1) is 8.67. The van der Waals surface area contributed by atoms with E-state index in [1.165, 1.54) is 25.1 Å². The third-order valence-corrected chi connectivity index (χ3v) is 1.35. The van der Waals surface area contributed by atoms with Crippen LogP contribution < -0.4 is 5.06 Å². The van der Waals surface area contributed by atoms with Crippen molar-refractivity contribution in [1.82, 2.24) is 0 Å². The zero-order chi connectivity index (χ0) is 9.14. The summed E-state index contributed by atoms with van der Waals surface area (Å²) in [5.74, 6) is -1.05. The Morgan fingerprint density at radius 3 is 2.75 bits per heavy atom. The Balaban J connectivity index is 2.95. The molecule has 0 aromatic heterocycles. The van der Waals surface area contributed by atoms with Gasteiger partial charge < -0.3 is 0 Å². The average molecular weight is 169 g/mol. The summed E-state index contributed by atoms with van der Waals surface area (Å²) in [6, 6.07) is 5.15. The van der Waals surface area contributed by atoms with Crippen LogP contribution in [-0.2, 0) is 4.79 Å². The summed E-state index contributed by atoms with van der Waals surface area (Å²) in [4.78, 5) is 10.6. The average Bonchev–Trinajstić information content (AvgIpc) is 2.03. The standard InChI is InChI=1S/C8H8FNO2/c1-6(11)10(12)8-4-2-3-7(9)5-8/h2-5,12H,1H3. The van der Waals surface area contributed by atoms with E-state index in [0.717, 1.165) is 6.07 Å². The molecule has 64 valence electrons. The lowest BCUT2D eigenvalue weighted by molar-refractivity contribution is -0.121. The van der Waals surface area contributed by atoms with Gasteiger partial charge in [-0.05, 0) is 12.1 Å². The van der Waals surface area contributed by atoms with E-state index < -0.39 is 11.7 Å². The molecule has 0 fully saturated rings. The number of hydrogen-bond acceptors (Lipinski definition) is 2. The molecule has 0 bridgehead atoms. The van der Waals surface area contributed by atoms with Gasteiger partial charge >= 0.3 is 0 Å². The Morgan fingerprint density at radius 1 is 1.58 bits per heavy atom. The van der Waals surface area contributed by atoms with Gasteiger partial charge in [0.25, 0.3) is 0 Å². The lowest BCUT2D eigenvalue weighted by Gasteiger charge is -2.11. The monoisotopic (exact) mass is 169 g/mol. The molecule has 1 rings (SSSR count). The van der Waals surface area contributed by atoms with Crippen LogP contribution in [0.25, 0.3) is 0 Å². The number of rotatable bonds is 1. The number of carbonyl (C=O) groups is 1. The van der Waals surface area contributed by atoms with E-state index in [-0.39, 0.29) is 5.69 Å². The molecule has 0 spiro atoms. The zero-order valence-corrected chi connectivity index (χ0v) is 6.49. The van der Waals surface area contributed by atoms with Gasteiger partial charge in [0.1, 0.15) is 5.82 Å². The van der Waals surface area contributed by atoms with Gasteiger partial charge in [-0.1, -0.05) is 6.07 Å². The van der Waals surface area contributed by atoms with Gasteiger partial charge in [-0.2, -0.15) is 5.06 Å². The van der Waals surface area contributed by atoms with Crippen LogP contribution in [0.4, 0.5) is 10.1 Å². The van der Waals surface area contributed by atoms with E-state index in [4.69, 9.17) is 5.21 Å². The van der Waals surface area contributed by atoms with Gasteiger partial charge in [-0.15, -0.1) is 0 Å². The van der Waals surface area contributed by atoms with Gasteiger partial charge in [-0.25, -0.2) is 4.39 Å². The van der Waals surface area contributed by atoms with Gasteiger partial charge in [0.2, 0.25) is 5.91 Å². The van der Waals surface area contributed by atoms with Crippen LogP contribution in [0, 0.1) is 5.82 Å². The second-order valence-corrected chi connectivity index (χ2v) is 2.31. The summed E-state index contributed by atoms with van der Waals surface area (Å²) in [7, 11) is 0. The minimum atomic E-state index is -0.555. The number of benzene rings is 1. The van der Waals surface area contributed by atoms with Crippen molar-refractivity contribution in [3.63, 3.8) is 0 Å². The van der Waals surface area contributed by atoms with E-state index in [1.54, 1.807) is 0 Å². The highest BCUT2D eigenvalue weighted by atomic mass is 19.1. The van der Waals surface area contributed by atoms with Crippen molar-refractivity contribution in [2.24, 2.45) is 0 Å². The van der Waals surface area contributed by atoms with Gasteiger partial charge in [0.15, 0.2) is 0 Å². The second kappa shape index (κ2) is 3.32. The minimum absolute atomic E-state index is 0.127. The number of hydroxylamine groups is 1. The highest BCUT2D eigenvalue weighted by Gasteiger charge is 2.07.